The van der Waals surface area contributed by atoms with Crippen molar-refractivity contribution in [3.8, 4) is 0 Å². The van der Waals surface area contributed by atoms with E-state index in [0.717, 1.165) is 10.0 Å². The van der Waals surface area contributed by atoms with Gasteiger partial charge in [0.05, 0.1) is 16.0 Å². The van der Waals surface area contributed by atoms with Crippen molar-refractivity contribution in [3.05, 3.63) is 64.1 Å². The summed E-state index contributed by atoms with van der Waals surface area (Å²) in [5.74, 6) is -0.0997. The topological polar surface area (TPSA) is 34.1 Å². The second-order valence-electron chi connectivity index (χ2n) is 4.63. The molecule has 2 atom stereocenters. The second-order valence-corrected chi connectivity index (χ2v) is 7.32. The van der Waals surface area contributed by atoms with Gasteiger partial charge in [-0.2, -0.15) is 0 Å². The number of halogens is 1. The maximum Gasteiger partial charge on any atom is 0.178 e. The van der Waals surface area contributed by atoms with Crippen LogP contribution in [0.2, 0.25) is 0 Å². The fourth-order valence-corrected chi connectivity index (χ4v) is 3.41. The van der Waals surface area contributed by atoms with Crippen molar-refractivity contribution in [2.75, 3.05) is 0 Å². The molecular formula is C16H15BrO2S. The lowest BCUT2D eigenvalue weighted by Gasteiger charge is -2.11. The Balaban J connectivity index is 2.22. The van der Waals surface area contributed by atoms with E-state index in [0.29, 0.717) is 10.5 Å². The normalized spacial score (nSPS) is 13.8. The van der Waals surface area contributed by atoms with Gasteiger partial charge in [-0.25, -0.2) is 0 Å². The molecule has 0 aromatic heterocycles. The summed E-state index contributed by atoms with van der Waals surface area (Å²) in [5, 5.41) is -0.557. The highest BCUT2D eigenvalue weighted by molar-refractivity contribution is 9.10. The maximum absolute atomic E-state index is 12.5. The molecule has 0 N–H and O–H groups in total. The standard InChI is InChI=1S/C16H15BrO2S/c1-11-4-3-5-15(10-11)20(19)12(2)16(18)13-6-8-14(17)9-7-13/h3-10,12H,1-2H3. The van der Waals surface area contributed by atoms with Gasteiger partial charge in [0.1, 0.15) is 0 Å². The minimum atomic E-state index is -1.34. The molecule has 0 amide bonds. The molecule has 0 radical (unpaired) electrons. The van der Waals surface area contributed by atoms with Crippen LogP contribution in [-0.4, -0.2) is 15.2 Å². The minimum Gasteiger partial charge on any atom is -0.293 e. The zero-order chi connectivity index (χ0) is 14.7. The van der Waals surface area contributed by atoms with Gasteiger partial charge in [-0.15, -0.1) is 0 Å². The lowest BCUT2D eigenvalue weighted by Crippen LogP contribution is -2.22. The summed E-state index contributed by atoms with van der Waals surface area (Å²) in [5.41, 5.74) is 1.63. The van der Waals surface area contributed by atoms with Crippen LogP contribution < -0.4 is 0 Å². The number of carbonyl (C=O) groups is 1. The van der Waals surface area contributed by atoms with Gasteiger partial charge in [0.15, 0.2) is 5.78 Å². The summed E-state index contributed by atoms with van der Waals surface area (Å²) >= 11 is 3.33. The van der Waals surface area contributed by atoms with E-state index in [4.69, 9.17) is 0 Å². The Morgan fingerprint density at radius 1 is 1.15 bits per heavy atom. The van der Waals surface area contributed by atoms with E-state index < -0.39 is 16.0 Å². The maximum atomic E-state index is 12.5. The molecule has 0 aliphatic heterocycles. The van der Waals surface area contributed by atoms with Gasteiger partial charge in [-0.05, 0) is 43.7 Å². The van der Waals surface area contributed by atoms with Crippen LogP contribution >= 0.6 is 15.9 Å². The first-order valence-corrected chi connectivity index (χ1v) is 8.26. The van der Waals surface area contributed by atoms with Crippen molar-refractivity contribution >= 4 is 32.5 Å². The van der Waals surface area contributed by atoms with E-state index in [-0.39, 0.29) is 5.78 Å². The third kappa shape index (κ3) is 3.44. The Kier molecular flexibility index (Phi) is 4.89. The average Bonchev–Trinajstić information content (AvgIpc) is 2.46. The molecule has 0 aliphatic rings. The van der Waals surface area contributed by atoms with Crippen molar-refractivity contribution < 1.29 is 9.00 Å². The molecule has 20 heavy (non-hydrogen) atoms. The molecule has 2 unspecified atom stereocenters. The molecule has 0 saturated heterocycles. The van der Waals surface area contributed by atoms with Gasteiger partial charge in [-0.1, -0.05) is 40.2 Å². The summed E-state index contributed by atoms with van der Waals surface area (Å²) in [6.07, 6.45) is 0. The van der Waals surface area contributed by atoms with Crippen LogP contribution in [0, 0.1) is 6.92 Å². The predicted octanol–water partition coefficient (Wildman–Crippen LogP) is 4.14. The van der Waals surface area contributed by atoms with Gasteiger partial charge in [0, 0.05) is 14.9 Å². The number of carbonyl (C=O) groups excluding carboxylic acids is 1. The zero-order valence-electron chi connectivity index (χ0n) is 11.3. The molecule has 0 spiro atoms. The van der Waals surface area contributed by atoms with E-state index in [9.17, 15) is 9.00 Å². The largest absolute Gasteiger partial charge is 0.293 e. The van der Waals surface area contributed by atoms with E-state index in [1.165, 1.54) is 0 Å². The second kappa shape index (κ2) is 6.46. The fraction of sp³-hybridized carbons (Fsp3) is 0.188. The van der Waals surface area contributed by atoms with Crippen molar-refractivity contribution in [1.29, 1.82) is 0 Å². The molecule has 2 nitrogen and oxygen atoms in total. The first-order valence-electron chi connectivity index (χ1n) is 6.26. The van der Waals surface area contributed by atoms with Crippen molar-refractivity contribution in [3.63, 3.8) is 0 Å². The molecule has 2 aromatic carbocycles. The van der Waals surface area contributed by atoms with Crippen molar-refractivity contribution in [2.45, 2.75) is 24.0 Å². The molecule has 0 heterocycles. The Bertz CT molecular complexity index is 650. The van der Waals surface area contributed by atoms with Crippen LogP contribution in [0.4, 0.5) is 0 Å². The highest BCUT2D eigenvalue weighted by Crippen LogP contribution is 2.18. The zero-order valence-corrected chi connectivity index (χ0v) is 13.7. The number of rotatable bonds is 4. The molecule has 0 fully saturated rings. The van der Waals surface area contributed by atoms with E-state index in [2.05, 4.69) is 15.9 Å². The van der Waals surface area contributed by atoms with E-state index >= 15 is 0 Å². The number of benzene rings is 2. The Morgan fingerprint density at radius 3 is 2.40 bits per heavy atom. The van der Waals surface area contributed by atoms with E-state index in [1.807, 2.05) is 37.3 Å². The van der Waals surface area contributed by atoms with Gasteiger partial charge in [-0.3, -0.25) is 9.00 Å². The van der Waals surface area contributed by atoms with Crippen LogP contribution in [0.5, 0.6) is 0 Å². The van der Waals surface area contributed by atoms with Crippen LogP contribution in [0.15, 0.2) is 57.9 Å². The first kappa shape index (κ1) is 15.1. The van der Waals surface area contributed by atoms with Crippen molar-refractivity contribution in [1.82, 2.24) is 0 Å². The third-order valence-corrected chi connectivity index (χ3v) is 5.14. The monoisotopic (exact) mass is 350 g/mol. The SMILES string of the molecule is Cc1cccc(S(=O)C(C)C(=O)c2ccc(Br)cc2)c1. The lowest BCUT2D eigenvalue weighted by molar-refractivity contribution is 0.0992. The van der Waals surface area contributed by atoms with Gasteiger partial charge >= 0.3 is 0 Å². The summed E-state index contributed by atoms with van der Waals surface area (Å²) < 4.78 is 13.4. The molecule has 2 aromatic rings. The number of ketones is 1. The van der Waals surface area contributed by atoms with Crippen LogP contribution in [0.25, 0.3) is 0 Å². The van der Waals surface area contributed by atoms with Crippen LogP contribution in [-0.2, 0) is 10.8 Å². The number of aryl methyl sites for hydroxylation is 1. The fourth-order valence-electron chi connectivity index (χ4n) is 1.89. The van der Waals surface area contributed by atoms with Gasteiger partial charge < -0.3 is 0 Å². The quantitative estimate of drug-likeness (QED) is 0.776. The Morgan fingerprint density at radius 2 is 1.80 bits per heavy atom. The summed E-state index contributed by atoms with van der Waals surface area (Å²) in [6.45, 7) is 3.66. The van der Waals surface area contributed by atoms with Crippen molar-refractivity contribution in [2.24, 2.45) is 0 Å². The molecule has 0 aliphatic carbocycles. The molecule has 0 saturated carbocycles. The van der Waals surface area contributed by atoms with Crippen LogP contribution in [0.3, 0.4) is 0 Å². The summed E-state index contributed by atoms with van der Waals surface area (Å²) in [7, 11) is -1.34. The number of hydrogen-bond acceptors (Lipinski definition) is 2. The highest BCUT2D eigenvalue weighted by atomic mass is 79.9. The Hall–Kier alpha value is -1.26. The van der Waals surface area contributed by atoms with Gasteiger partial charge in [0.25, 0.3) is 0 Å². The third-order valence-electron chi connectivity index (χ3n) is 3.04. The molecule has 4 heteroatoms. The average molecular weight is 351 g/mol. The van der Waals surface area contributed by atoms with Crippen LogP contribution in [0.1, 0.15) is 22.8 Å². The highest BCUT2D eigenvalue weighted by Gasteiger charge is 2.22. The van der Waals surface area contributed by atoms with Gasteiger partial charge in [0.2, 0.25) is 0 Å². The minimum absolute atomic E-state index is 0.0997. The smallest absolute Gasteiger partial charge is 0.178 e. The van der Waals surface area contributed by atoms with E-state index in [1.54, 1.807) is 25.1 Å². The number of hydrogen-bond donors (Lipinski definition) is 0. The summed E-state index contributed by atoms with van der Waals surface area (Å²) in [4.78, 5) is 13.0. The molecule has 2 rings (SSSR count). The lowest BCUT2D eigenvalue weighted by atomic mass is 10.1. The first-order chi connectivity index (χ1) is 9.49. The molecular weight excluding hydrogens is 336 g/mol. The molecule has 0 bridgehead atoms. The number of Topliss-reactive ketones (excluding diaryl/α,β-unsaturated/α-hetero) is 1. The molecule has 104 valence electrons. The summed E-state index contributed by atoms with van der Waals surface area (Å²) in [6, 6.07) is 14.6. The Labute approximate surface area is 129 Å². The predicted molar refractivity (Wildman–Crippen MR) is 85.5 cm³/mol.